The van der Waals surface area contributed by atoms with E-state index in [0.717, 1.165) is 11.1 Å². The number of nitrogens with one attached hydrogen (secondary N) is 2. The van der Waals surface area contributed by atoms with E-state index >= 15 is 0 Å². The number of benzene rings is 4. The molecule has 16 heteroatoms. The highest BCUT2D eigenvalue weighted by Gasteiger charge is 2.23. The van der Waals surface area contributed by atoms with Gasteiger partial charge in [0.1, 0.15) is 53.9 Å². The molecule has 4 aromatic carbocycles. The quantitative estimate of drug-likeness (QED) is 0.111. The summed E-state index contributed by atoms with van der Waals surface area (Å²) in [6, 6.07) is 28.4. The van der Waals surface area contributed by atoms with Gasteiger partial charge < -0.3 is 35.8 Å². The molecule has 55 heavy (non-hydrogen) atoms. The summed E-state index contributed by atoms with van der Waals surface area (Å²) in [5, 5.41) is 62.3. The Morgan fingerprint density at radius 3 is 1.84 bits per heavy atom. The Kier molecular flexibility index (Phi) is 11.7. The number of nitriles is 2. The molecule has 274 valence electrons. The highest BCUT2D eigenvalue weighted by atomic mass is 19.1. The van der Waals surface area contributed by atoms with Gasteiger partial charge in [-0.1, -0.05) is 54.6 Å². The fourth-order valence-corrected chi connectivity index (χ4v) is 5.28. The molecule has 6 N–H and O–H groups in total. The summed E-state index contributed by atoms with van der Waals surface area (Å²) >= 11 is 0. The first kappa shape index (κ1) is 38.1. The van der Waals surface area contributed by atoms with Gasteiger partial charge in [0, 0.05) is 16.2 Å². The average molecular weight is 743 g/mol. The SMILES string of the molecule is N#Cc1nc(C(=O)NCC(=O)O)c(O)c2c(Oc3ccc(F)cc3)cccc12.N#Cc1nc(C(=O)NCC(=O)O)c(O)c2ccc(Cc3ccccc3)cc12. The van der Waals surface area contributed by atoms with Gasteiger partial charge in [0.25, 0.3) is 11.8 Å². The smallest absolute Gasteiger partial charge is 0.322 e. The third-order valence-electron chi connectivity index (χ3n) is 7.74. The minimum absolute atomic E-state index is 0.0156. The zero-order chi connectivity index (χ0) is 39.6. The summed E-state index contributed by atoms with van der Waals surface area (Å²) in [4.78, 5) is 53.3. The summed E-state index contributed by atoms with van der Waals surface area (Å²) in [6.45, 7) is -1.30. The second-order valence-corrected chi connectivity index (χ2v) is 11.5. The lowest BCUT2D eigenvalue weighted by Gasteiger charge is -2.13. The number of carboxylic acid groups (broad SMARTS) is 2. The number of nitrogens with zero attached hydrogens (tertiary/aromatic N) is 4. The average Bonchev–Trinajstić information content (AvgIpc) is 3.18. The Bertz CT molecular complexity index is 2550. The molecule has 6 aromatic rings. The minimum Gasteiger partial charge on any atom is -0.505 e. The van der Waals surface area contributed by atoms with E-state index in [1.54, 1.807) is 24.3 Å². The molecule has 2 heterocycles. The van der Waals surface area contributed by atoms with E-state index in [9.17, 15) is 44.3 Å². The molecule has 0 saturated carbocycles. The number of amides is 2. The molecule has 2 amide bonds. The number of halogens is 1. The van der Waals surface area contributed by atoms with Crippen LogP contribution in [0.3, 0.4) is 0 Å². The Labute approximate surface area is 310 Å². The van der Waals surface area contributed by atoms with Crippen LogP contribution in [0.25, 0.3) is 21.5 Å². The topological polar surface area (TPSA) is 256 Å². The lowest BCUT2D eigenvalue weighted by Crippen LogP contribution is -2.30. The predicted molar refractivity (Wildman–Crippen MR) is 192 cm³/mol. The van der Waals surface area contributed by atoms with Crippen LogP contribution in [-0.4, -0.2) is 67.2 Å². The van der Waals surface area contributed by atoms with Gasteiger partial charge in [-0.25, -0.2) is 14.4 Å². The van der Waals surface area contributed by atoms with Crippen molar-refractivity contribution in [3.63, 3.8) is 0 Å². The van der Waals surface area contributed by atoms with Crippen molar-refractivity contribution in [3.8, 4) is 35.1 Å². The number of rotatable bonds is 10. The third-order valence-corrected chi connectivity index (χ3v) is 7.74. The van der Waals surface area contributed by atoms with Crippen molar-refractivity contribution >= 4 is 45.3 Å². The van der Waals surface area contributed by atoms with Gasteiger partial charge >= 0.3 is 11.9 Å². The Morgan fingerprint density at radius 2 is 1.25 bits per heavy atom. The first-order valence-corrected chi connectivity index (χ1v) is 16.0. The lowest BCUT2D eigenvalue weighted by molar-refractivity contribution is -0.136. The maximum Gasteiger partial charge on any atom is 0.322 e. The van der Waals surface area contributed by atoms with Crippen molar-refractivity contribution in [2.45, 2.75) is 6.42 Å². The number of fused-ring (bicyclic) bond motifs is 2. The molecule has 0 radical (unpaired) electrons. The maximum absolute atomic E-state index is 13.1. The molecule has 2 aromatic heterocycles. The Morgan fingerprint density at radius 1 is 0.673 bits per heavy atom. The first-order valence-electron chi connectivity index (χ1n) is 16.0. The van der Waals surface area contributed by atoms with E-state index in [1.165, 1.54) is 36.4 Å². The third kappa shape index (κ3) is 9.04. The van der Waals surface area contributed by atoms with Crippen LogP contribution in [0, 0.1) is 28.5 Å². The minimum atomic E-state index is -1.28. The molecule has 6 rings (SSSR count). The van der Waals surface area contributed by atoms with Crippen LogP contribution in [0.1, 0.15) is 43.5 Å². The summed E-state index contributed by atoms with van der Waals surface area (Å²) < 4.78 is 18.8. The molecule has 0 unspecified atom stereocenters. The largest absolute Gasteiger partial charge is 0.505 e. The van der Waals surface area contributed by atoms with Crippen LogP contribution in [0.4, 0.5) is 4.39 Å². The summed E-state index contributed by atoms with van der Waals surface area (Å²) in [5.41, 5.74) is 0.958. The van der Waals surface area contributed by atoms with E-state index in [2.05, 4.69) is 20.6 Å². The van der Waals surface area contributed by atoms with Crippen LogP contribution in [0.5, 0.6) is 23.0 Å². The van der Waals surface area contributed by atoms with Crippen molar-refractivity contribution in [1.82, 2.24) is 20.6 Å². The normalized spacial score (nSPS) is 10.3. The zero-order valence-electron chi connectivity index (χ0n) is 28.3. The Balaban J connectivity index is 0.000000211. The van der Waals surface area contributed by atoms with Gasteiger partial charge in [-0.2, -0.15) is 10.5 Å². The number of pyridine rings is 2. The van der Waals surface area contributed by atoms with Crippen LogP contribution >= 0.6 is 0 Å². The number of hydrogen-bond donors (Lipinski definition) is 6. The lowest BCUT2D eigenvalue weighted by atomic mass is 9.99. The molecule has 0 aliphatic carbocycles. The zero-order valence-corrected chi connectivity index (χ0v) is 28.3. The summed E-state index contributed by atoms with van der Waals surface area (Å²) in [7, 11) is 0. The number of aromatic hydroxyl groups is 2. The number of carbonyl (C=O) groups excluding carboxylic acids is 2. The molecule has 0 atom stereocenters. The molecule has 15 nitrogen and oxygen atoms in total. The predicted octanol–water partition coefficient (Wildman–Crippen LogP) is 4.78. The van der Waals surface area contributed by atoms with Crippen LogP contribution in [0.15, 0.2) is 91.0 Å². The fraction of sp³-hybridized carbons (Fsp3) is 0.0769. The molecule has 0 bridgehead atoms. The van der Waals surface area contributed by atoms with Gasteiger partial charge in [0.05, 0.1) is 5.39 Å². The first-order chi connectivity index (χ1) is 26.4. The highest BCUT2D eigenvalue weighted by molar-refractivity contribution is 6.06. The van der Waals surface area contributed by atoms with Crippen molar-refractivity contribution in [2.24, 2.45) is 0 Å². The van der Waals surface area contributed by atoms with Gasteiger partial charge in [-0.15, -0.1) is 0 Å². The van der Waals surface area contributed by atoms with E-state index in [1.807, 2.05) is 42.5 Å². The van der Waals surface area contributed by atoms with E-state index in [0.29, 0.717) is 17.2 Å². The van der Waals surface area contributed by atoms with Crippen LogP contribution in [-0.2, 0) is 16.0 Å². The number of ether oxygens (including phenoxy) is 1. The summed E-state index contributed by atoms with van der Waals surface area (Å²) in [5.74, 6) is -5.39. The highest BCUT2D eigenvalue weighted by Crippen LogP contribution is 2.38. The van der Waals surface area contributed by atoms with Crippen molar-refractivity contribution in [3.05, 3.63) is 131 Å². The van der Waals surface area contributed by atoms with Gasteiger partial charge in [-0.3, -0.25) is 19.2 Å². The standard InChI is InChI=1S/C20H15N3O4.C19H12FN3O5/c21-10-16-15-9-13(8-12-4-2-1-3-5-12)6-7-14(15)19(26)18(23-16)20(27)22-11-17(24)25;20-10-4-6-11(7-5-10)28-14-3-1-2-12-13(8-21)23-17(18(26)16(12)14)19(27)22-9-15(24)25/h1-7,9,26H,8,11H2,(H,22,27)(H,24,25);1-7,26H,9H2,(H,22,27)(H,24,25). The molecule has 0 fully saturated rings. The molecule has 0 aliphatic heterocycles. The van der Waals surface area contributed by atoms with Crippen molar-refractivity contribution in [2.75, 3.05) is 13.1 Å². The van der Waals surface area contributed by atoms with Crippen molar-refractivity contribution < 1.29 is 48.7 Å². The molecule has 0 aliphatic rings. The van der Waals surface area contributed by atoms with Gasteiger partial charge in [0.2, 0.25) is 0 Å². The number of carboxylic acids is 2. The Hall–Kier alpha value is -8.11. The number of aromatic nitrogens is 2. The van der Waals surface area contributed by atoms with E-state index < -0.39 is 59.9 Å². The summed E-state index contributed by atoms with van der Waals surface area (Å²) in [6.07, 6.45) is 0.642. The number of hydrogen-bond acceptors (Lipinski definition) is 11. The van der Waals surface area contributed by atoms with E-state index in [4.69, 9.17) is 14.9 Å². The van der Waals surface area contributed by atoms with Gasteiger partial charge in [0.15, 0.2) is 22.9 Å². The van der Waals surface area contributed by atoms with Crippen molar-refractivity contribution in [1.29, 1.82) is 10.5 Å². The van der Waals surface area contributed by atoms with E-state index in [-0.39, 0.29) is 39.4 Å². The fourth-order valence-electron chi connectivity index (χ4n) is 5.28. The second kappa shape index (κ2) is 16.9. The molecular weight excluding hydrogens is 715 g/mol. The molecule has 0 spiro atoms. The number of carbonyl (C=O) groups is 4. The van der Waals surface area contributed by atoms with Crippen LogP contribution < -0.4 is 15.4 Å². The second-order valence-electron chi connectivity index (χ2n) is 11.5. The number of aliphatic carboxylic acids is 2. The van der Waals surface area contributed by atoms with Gasteiger partial charge in [-0.05, 0) is 53.9 Å². The maximum atomic E-state index is 13.1. The molecule has 0 saturated heterocycles. The monoisotopic (exact) mass is 742 g/mol. The molecular formula is C39H27FN6O9. The van der Waals surface area contributed by atoms with Crippen LogP contribution in [0.2, 0.25) is 0 Å².